The number of nitriles is 1. The van der Waals surface area contributed by atoms with Crippen molar-refractivity contribution in [1.82, 2.24) is 10.2 Å². The Morgan fingerprint density at radius 3 is 2.28 bits per heavy atom. The summed E-state index contributed by atoms with van der Waals surface area (Å²) in [7, 11) is 0. The summed E-state index contributed by atoms with van der Waals surface area (Å²) >= 11 is 0. The molecule has 0 radical (unpaired) electrons. The quantitative estimate of drug-likeness (QED) is 0.557. The second-order valence-corrected chi connectivity index (χ2v) is 6.48. The van der Waals surface area contributed by atoms with Crippen LogP contribution in [0.1, 0.15) is 36.8 Å². The van der Waals surface area contributed by atoms with Gasteiger partial charge in [-0.3, -0.25) is 9.69 Å². The number of amides is 1. The number of carbonyl (C=O) groups excluding carboxylic acids is 2. The number of hydrogen-bond acceptors (Lipinski definition) is 5. The third kappa shape index (κ3) is 4.83. The van der Waals surface area contributed by atoms with Gasteiger partial charge in [0.2, 0.25) is 5.91 Å². The Kier molecular flexibility index (Phi) is 7.03. The Morgan fingerprint density at radius 2 is 1.72 bits per heavy atom. The molecule has 0 spiro atoms. The van der Waals surface area contributed by atoms with Crippen molar-refractivity contribution in [3.05, 3.63) is 35.4 Å². The number of nitrogens with one attached hydrogen (secondary N) is 1. The van der Waals surface area contributed by atoms with Crippen molar-refractivity contribution in [2.75, 3.05) is 0 Å². The number of aliphatic carboxylic acids is 1. The predicted molar refractivity (Wildman–Crippen MR) is 84.3 cm³/mol. The molecule has 1 aliphatic carbocycles. The number of likely N-dealkylation sites (tertiary alicyclic amines) is 1. The molecule has 1 saturated heterocycles. The standard InChI is InChI=1S/C18H21N3O3.Na/c19-10-9-12-1-3-13(4-2-12)11-20-17(22)15-7-8-16(18(23)24)21(15)14-5-6-14;/h1-4,14-16H,5-9,11H2,(H,20,22)(H,23,24);/q;+1/p-1. The zero-order chi connectivity index (χ0) is 17.1. The molecule has 2 atom stereocenters. The van der Waals surface area contributed by atoms with Gasteiger partial charge < -0.3 is 15.2 Å². The molecule has 1 aliphatic heterocycles. The molecule has 6 nitrogen and oxygen atoms in total. The molecule has 1 saturated carbocycles. The zero-order valence-electron chi connectivity index (χ0n) is 14.4. The van der Waals surface area contributed by atoms with Crippen LogP contribution < -0.4 is 40.0 Å². The molecule has 126 valence electrons. The van der Waals surface area contributed by atoms with E-state index in [1.807, 2.05) is 29.2 Å². The fraction of sp³-hybridized carbons (Fsp3) is 0.500. The van der Waals surface area contributed by atoms with E-state index < -0.39 is 12.0 Å². The summed E-state index contributed by atoms with van der Waals surface area (Å²) in [5, 5.41) is 22.8. The van der Waals surface area contributed by atoms with Crippen molar-refractivity contribution in [3.8, 4) is 6.07 Å². The fourth-order valence-corrected chi connectivity index (χ4v) is 3.39. The van der Waals surface area contributed by atoms with Gasteiger partial charge in [0.05, 0.1) is 30.5 Å². The number of nitrogens with zero attached hydrogens (tertiary/aromatic N) is 2. The molecule has 1 heterocycles. The SMILES string of the molecule is N#CCc1ccc(CNC(=O)C2CCC(C(=O)[O-])N2C2CC2)cc1.[Na+]. The van der Waals surface area contributed by atoms with Crippen LogP contribution in [-0.4, -0.2) is 34.9 Å². The number of carboxylic acids is 1. The minimum Gasteiger partial charge on any atom is -0.548 e. The largest absolute Gasteiger partial charge is 1.00 e. The minimum absolute atomic E-state index is 0. The molecule has 1 amide bonds. The van der Waals surface area contributed by atoms with E-state index in [2.05, 4.69) is 11.4 Å². The van der Waals surface area contributed by atoms with E-state index in [9.17, 15) is 14.7 Å². The fourth-order valence-electron chi connectivity index (χ4n) is 3.39. The molecule has 1 aromatic rings. The van der Waals surface area contributed by atoms with Gasteiger partial charge in [0.15, 0.2) is 0 Å². The van der Waals surface area contributed by atoms with Crippen LogP contribution >= 0.6 is 0 Å². The van der Waals surface area contributed by atoms with Gasteiger partial charge in [-0.2, -0.15) is 5.26 Å². The molecule has 1 N–H and O–H groups in total. The molecular weight excluding hydrogens is 329 g/mol. The maximum atomic E-state index is 12.5. The third-order valence-corrected chi connectivity index (χ3v) is 4.75. The molecular formula is C18H20N3NaO3. The van der Waals surface area contributed by atoms with Gasteiger partial charge in [0, 0.05) is 12.6 Å². The van der Waals surface area contributed by atoms with E-state index in [1.165, 1.54) is 0 Å². The van der Waals surface area contributed by atoms with E-state index in [0.717, 1.165) is 24.0 Å². The average molecular weight is 349 g/mol. The van der Waals surface area contributed by atoms with Crippen LogP contribution in [-0.2, 0) is 22.6 Å². The monoisotopic (exact) mass is 349 g/mol. The van der Waals surface area contributed by atoms with E-state index >= 15 is 0 Å². The maximum Gasteiger partial charge on any atom is 1.00 e. The van der Waals surface area contributed by atoms with Crippen LogP contribution in [0.3, 0.4) is 0 Å². The summed E-state index contributed by atoms with van der Waals surface area (Å²) in [6.07, 6.45) is 3.30. The number of carboxylic acid groups (broad SMARTS) is 1. The predicted octanol–water partition coefficient (Wildman–Crippen LogP) is -2.88. The van der Waals surface area contributed by atoms with Gasteiger partial charge in [-0.05, 0) is 36.8 Å². The molecule has 7 heteroatoms. The zero-order valence-corrected chi connectivity index (χ0v) is 16.4. The van der Waals surface area contributed by atoms with Crippen LogP contribution in [0.5, 0.6) is 0 Å². The van der Waals surface area contributed by atoms with Crippen LogP contribution in [0.15, 0.2) is 24.3 Å². The number of rotatable bonds is 6. The molecule has 2 aliphatic rings. The van der Waals surface area contributed by atoms with Crippen LogP contribution in [0.4, 0.5) is 0 Å². The summed E-state index contributed by atoms with van der Waals surface area (Å²) < 4.78 is 0. The summed E-state index contributed by atoms with van der Waals surface area (Å²) in [4.78, 5) is 25.6. The Hall–Kier alpha value is -1.39. The van der Waals surface area contributed by atoms with Gasteiger partial charge in [0.25, 0.3) is 0 Å². The molecule has 2 fully saturated rings. The molecule has 0 aromatic heterocycles. The smallest absolute Gasteiger partial charge is 0.548 e. The van der Waals surface area contributed by atoms with E-state index in [4.69, 9.17) is 5.26 Å². The van der Waals surface area contributed by atoms with E-state index in [0.29, 0.717) is 25.8 Å². The molecule has 1 aromatic carbocycles. The van der Waals surface area contributed by atoms with Crippen molar-refractivity contribution in [2.24, 2.45) is 0 Å². The minimum atomic E-state index is -1.08. The van der Waals surface area contributed by atoms with Gasteiger partial charge in [-0.1, -0.05) is 24.3 Å². The van der Waals surface area contributed by atoms with E-state index in [1.54, 1.807) is 0 Å². The molecule has 3 rings (SSSR count). The van der Waals surface area contributed by atoms with Gasteiger partial charge in [-0.15, -0.1) is 0 Å². The summed E-state index contributed by atoms with van der Waals surface area (Å²) in [5.41, 5.74) is 1.90. The van der Waals surface area contributed by atoms with Crippen LogP contribution in [0.2, 0.25) is 0 Å². The second kappa shape index (κ2) is 8.81. The Labute approximate surface area is 169 Å². The van der Waals surface area contributed by atoms with E-state index in [-0.39, 0.29) is 47.5 Å². The Balaban J connectivity index is 0.00000225. The third-order valence-electron chi connectivity index (χ3n) is 4.75. The van der Waals surface area contributed by atoms with Crippen LogP contribution in [0, 0.1) is 11.3 Å². The Morgan fingerprint density at radius 1 is 1.12 bits per heavy atom. The van der Waals surface area contributed by atoms with Crippen LogP contribution in [0.25, 0.3) is 0 Å². The summed E-state index contributed by atoms with van der Waals surface area (Å²) in [6.45, 7) is 0.399. The Bertz CT molecular complexity index is 667. The van der Waals surface area contributed by atoms with Crippen molar-refractivity contribution in [3.63, 3.8) is 0 Å². The number of benzene rings is 1. The molecule has 0 bridgehead atoms. The second-order valence-electron chi connectivity index (χ2n) is 6.48. The van der Waals surface area contributed by atoms with Crippen molar-refractivity contribution >= 4 is 11.9 Å². The first-order valence-electron chi connectivity index (χ1n) is 8.31. The van der Waals surface area contributed by atoms with Crippen molar-refractivity contribution < 1.29 is 44.3 Å². The first-order chi connectivity index (χ1) is 11.6. The molecule has 25 heavy (non-hydrogen) atoms. The van der Waals surface area contributed by atoms with Crippen molar-refractivity contribution in [2.45, 2.75) is 56.8 Å². The van der Waals surface area contributed by atoms with Gasteiger partial charge in [-0.25, -0.2) is 0 Å². The topological polar surface area (TPSA) is 96.3 Å². The molecule has 2 unspecified atom stereocenters. The van der Waals surface area contributed by atoms with Gasteiger partial charge >= 0.3 is 29.6 Å². The number of hydrogen-bond donors (Lipinski definition) is 1. The first kappa shape index (κ1) is 19.9. The summed E-state index contributed by atoms with van der Waals surface area (Å²) in [5.74, 6) is -1.20. The maximum absolute atomic E-state index is 12.5. The summed E-state index contributed by atoms with van der Waals surface area (Å²) in [6, 6.07) is 8.83. The first-order valence-corrected chi connectivity index (χ1v) is 8.31. The average Bonchev–Trinajstić information content (AvgIpc) is 3.31. The number of carbonyl (C=O) groups is 2. The normalized spacial score (nSPS) is 22.7. The van der Waals surface area contributed by atoms with Crippen molar-refractivity contribution in [1.29, 1.82) is 5.26 Å². The van der Waals surface area contributed by atoms with Gasteiger partial charge in [0.1, 0.15) is 0 Å².